The highest BCUT2D eigenvalue weighted by atomic mass is 35.5. The second kappa shape index (κ2) is 5.60. The molecule has 5 aliphatic rings. The minimum atomic E-state index is -0.952. The topological polar surface area (TPSA) is 108 Å². The Morgan fingerprint density at radius 1 is 1.07 bits per heavy atom. The molecule has 152 valence electrons. The van der Waals surface area contributed by atoms with Crippen molar-refractivity contribution in [2.24, 2.45) is 35.1 Å². The molecule has 5 heterocycles. The van der Waals surface area contributed by atoms with Crippen LogP contribution >= 0.6 is 23.2 Å². The van der Waals surface area contributed by atoms with Crippen LogP contribution < -0.4 is 16.4 Å². The van der Waals surface area contributed by atoms with E-state index in [2.05, 4.69) is 0 Å². The maximum Gasteiger partial charge on any atom is 0.240 e. The third-order valence-corrected chi connectivity index (χ3v) is 8.06. The Morgan fingerprint density at radius 3 is 2.55 bits per heavy atom. The number of imide groups is 1. The van der Waals surface area contributed by atoms with E-state index in [1.165, 1.54) is 11.0 Å². The maximum atomic E-state index is 13.5. The molecule has 0 saturated carbocycles. The number of ether oxygens (including phenoxy) is 2. The number of halogens is 2. The van der Waals surface area contributed by atoms with E-state index in [0.29, 0.717) is 10.7 Å². The molecule has 4 bridgehead atoms. The van der Waals surface area contributed by atoms with E-state index in [1.54, 1.807) is 12.1 Å². The second-order valence-electron chi connectivity index (χ2n) is 8.50. The SMILES string of the molecule is NCC12C=CC(O1)C1C2C2OC1(CN)C1C(=O)N(c3ccc(Cl)cc3Cl)C(=O)C21. The summed E-state index contributed by atoms with van der Waals surface area (Å²) in [5.41, 5.74) is 11.0. The van der Waals surface area contributed by atoms with E-state index < -0.39 is 29.1 Å². The van der Waals surface area contributed by atoms with Crippen molar-refractivity contribution in [3.8, 4) is 0 Å². The average molecular weight is 436 g/mol. The van der Waals surface area contributed by atoms with Crippen LogP contribution in [0.2, 0.25) is 10.0 Å². The van der Waals surface area contributed by atoms with Crippen LogP contribution in [0.25, 0.3) is 0 Å². The van der Waals surface area contributed by atoms with E-state index in [1.807, 2.05) is 12.2 Å². The van der Waals surface area contributed by atoms with Gasteiger partial charge in [-0.25, -0.2) is 4.90 Å². The van der Waals surface area contributed by atoms with Crippen molar-refractivity contribution in [1.82, 2.24) is 0 Å². The fourth-order valence-corrected chi connectivity index (χ4v) is 7.02. The van der Waals surface area contributed by atoms with Crippen LogP contribution in [0, 0.1) is 23.7 Å². The van der Waals surface area contributed by atoms with Gasteiger partial charge in [0.05, 0.1) is 40.4 Å². The molecule has 29 heavy (non-hydrogen) atoms. The lowest BCUT2D eigenvalue weighted by Gasteiger charge is -2.41. The van der Waals surface area contributed by atoms with Gasteiger partial charge in [0.2, 0.25) is 11.8 Å². The minimum Gasteiger partial charge on any atom is -0.368 e. The van der Waals surface area contributed by atoms with Crippen molar-refractivity contribution in [3.05, 3.63) is 40.4 Å². The Hall–Kier alpha value is -1.48. The lowest BCUT2D eigenvalue weighted by molar-refractivity contribution is -0.130. The minimum absolute atomic E-state index is 0.107. The zero-order valence-corrected chi connectivity index (χ0v) is 16.8. The van der Waals surface area contributed by atoms with E-state index in [9.17, 15) is 9.59 Å². The summed E-state index contributed by atoms with van der Waals surface area (Å²) in [6.07, 6.45) is 3.28. The van der Waals surface area contributed by atoms with Crippen molar-refractivity contribution >= 4 is 40.7 Å². The lowest BCUT2D eigenvalue weighted by Crippen LogP contribution is -2.58. The summed E-state index contributed by atoms with van der Waals surface area (Å²) in [4.78, 5) is 28.2. The van der Waals surface area contributed by atoms with Gasteiger partial charge in [-0.1, -0.05) is 35.4 Å². The van der Waals surface area contributed by atoms with Crippen LogP contribution in [0.15, 0.2) is 30.4 Å². The predicted molar refractivity (Wildman–Crippen MR) is 105 cm³/mol. The van der Waals surface area contributed by atoms with Crippen LogP contribution in [0.5, 0.6) is 0 Å². The number of hydrogen-bond acceptors (Lipinski definition) is 6. The van der Waals surface area contributed by atoms with Gasteiger partial charge >= 0.3 is 0 Å². The standard InChI is InChI=1S/C20H19Cl2N3O4/c21-8-1-2-10(9(22)5-8)25-17(26)12-14(18(25)27)20(7-24)13-11-3-4-19(6-23,28-11)15(13)16(12)29-20/h1-5,11-16H,6-7,23-24H2. The number of carbonyl (C=O) groups excluding carboxylic acids is 2. The first-order valence-electron chi connectivity index (χ1n) is 9.66. The summed E-state index contributed by atoms with van der Waals surface area (Å²) in [6, 6.07) is 4.72. The van der Waals surface area contributed by atoms with Gasteiger partial charge in [0.25, 0.3) is 0 Å². The largest absolute Gasteiger partial charge is 0.368 e. The maximum absolute atomic E-state index is 13.5. The molecular weight excluding hydrogens is 417 g/mol. The number of amides is 2. The molecule has 4 fully saturated rings. The van der Waals surface area contributed by atoms with Crippen LogP contribution in [0.1, 0.15) is 0 Å². The third kappa shape index (κ3) is 1.90. The number of fused-ring (bicyclic) bond motifs is 12. The first kappa shape index (κ1) is 18.3. The van der Waals surface area contributed by atoms with E-state index in [0.717, 1.165) is 0 Å². The molecule has 0 spiro atoms. The highest BCUT2D eigenvalue weighted by Gasteiger charge is 2.81. The Kier molecular flexibility index (Phi) is 3.54. The molecule has 4 N–H and O–H groups in total. The van der Waals surface area contributed by atoms with Gasteiger partial charge in [0.1, 0.15) is 5.60 Å². The molecular formula is C20H19Cl2N3O4. The molecule has 0 aliphatic carbocycles. The number of hydrogen-bond donors (Lipinski definition) is 2. The molecule has 9 heteroatoms. The number of nitrogens with zero attached hydrogens (tertiary/aromatic N) is 1. The highest BCUT2D eigenvalue weighted by Crippen LogP contribution is 2.68. The first-order valence-corrected chi connectivity index (χ1v) is 10.4. The molecule has 1 aromatic carbocycles. The van der Waals surface area contributed by atoms with E-state index in [-0.39, 0.29) is 47.9 Å². The zero-order valence-electron chi connectivity index (χ0n) is 15.3. The molecule has 7 nitrogen and oxygen atoms in total. The molecule has 0 aromatic heterocycles. The molecule has 2 amide bonds. The van der Waals surface area contributed by atoms with Gasteiger partial charge < -0.3 is 20.9 Å². The smallest absolute Gasteiger partial charge is 0.240 e. The number of anilines is 1. The van der Waals surface area contributed by atoms with Gasteiger partial charge in [-0.05, 0) is 18.2 Å². The van der Waals surface area contributed by atoms with Crippen LogP contribution in [0.4, 0.5) is 5.69 Å². The van der Waals surface area contributed by atoms with Crippen molar-refractivity contribution in [3.63, 3.8) is 0 Å². The van der Waals surface area contributed by atoms with Gasteiger partial charge in [0, 0.05) is 29.9 Å². The quantitative estimate of drug-likeness (QED) is 0.543. The van der Waals surface area contributed by atoms with E-state index >= 15 is 0 Å². The monoisotopic (exact) mass is 435 g/mol. The van der Waals surface area contributed by atoms with Crippen molar-refractivity contribution in [1.29, 1.82) is 0 Å². The molecule has 8 atom stereocenters. The van der Waals surface area contributed by atoms with Gasteiger partial charge in [0.15, 0.2) is 0 Å². The number of benzene rings is 1. The lowest BCUT2D eigenvalue weighted by atomic mass is 9.57. The molecule has 4 saturated heterocycles. The Balaban J connectivity index is 1.47. The average Bonchev–Trinajstić information content (AvgIpc) is 3.47. The Labute approximate surface area is 176 Å². The van der Waals surface area contributed by atoms with Crippen LogP contribution in [-0.4, -0.2) is 48.3 Å². The predicted octanol–water partition coefficient (Wildman–Crippen LogP) is 1.11. The molecule has 8 unspecified atom stereocenters. The highest BCUT2D eigenvalue weighted by molar-refractivity contribution is 6.38. The summed E-state index contributed by atoms with van der Waals surface area (Å²) in [5, 5.41) is 0.678. The summed E-state index contributed by atoms with van der Waals surface area (Å²) in [6.45, 7) is 0.412. The molecule has 0 radical (unpaired) electrons. The summed E-state index contributed by atoms with van der Waals surface area (Å²) >= 11 is 12.3. The normalized spacial score (nSPS) is 46.1. The molecule has 5 aliphatic heterocycles. The molecule has 1 aromatic rings. The number of rotatable bonds is 3. The van der Waals surface area contributed by atoms with Crippen LogP contribution in [0.3, 0.4) is 0 Å². The van der Waals surface area contributed by atoms with Gasteiger partial charge in [-0.3, -0.25) is 9.59 Å². The second-order valence-corrected chi connectivity index (χ2v) is 9.35. The Bertz CT molecular complexity index is 1000. The fraction of sp³-hybridized carbons (Fsp3) is 0.500. The van der Waals surface area contributed by atoms with Crippen molar-refractivity contribution in [2.45, 2.75) is 23.4 Å². The van der Waals surface area contributed by atoms with Gasteiger partial charge in [-0.15, -0.1) is 0 Å². The molecule has 6 rings (SSSR count). The summed E-state index contributed by atoms with van der Waals surface area (Å²) < 4.78 is 12.6. The number of carbonyl (C=O) groups is 2. The zero-order chi connectivity index (χ0) is 20.3. The van der Waals surface area contributed by atoms with Crippen LogP contribution in [-0.2, 0) is 19.1 Å². The number of nitrogens with two attached hydrogens (primary N) is 2. The third-order valence-electron chi connectivity index (χ3n) is 7.52. The van der Waals surface area contributed by atoms with Crippen molar-refractivity contribution in [2.75, 3.05) is 18.0 Å². The summed E-state index contributed by atoms with van der Waals surface area (Å²) in [7, 11) is 0. The van der Waals surface area contributed by atoms with Gasteiger partial charge in [-0.2, -0.15) is 0 Å². The first-order chi connectivity index (χ1) is 13.9. The van der Waals surface area contributed by atoms with E-state index in [4.69, 9.17) is 44.1 Å². The fourth-order valence-electron chi connectivity index (χ4n) is 6.53. The summed E-state index contributed by atoms with van der Waals surface area (Å²) in [5.74, 6) is -2.15. The van der Waals surface area contributed by atoms with Crippen molar-refractivity contribution < 1.29 is 19.1 Å². The Morgan fingerprint density at radius 2 is 1.86 bits per heavy atom.